The number of fused-ring (bicyclic) bond motifs is 1. The fraction of sp³-hybridized carbons (Fsp3) is 0.0952. The van der Waals surface area contributed by atoms with E-state index >= 15 is 0 Å². The lowest BCUT2D eigenvalue weighted by Crippen LogP contribution is -2.14. The molecule has 2 aromatic heterocycles. The molecular formula is C21H15F3N4O. The molecule has 0 bridgehead atoms. The molecule has 29 heavy (non-hydrogen) atoms. The van der Waals surface area contributed by atoms with Gasteiger partial charge in [-0.1, -0.05) is 18.2 Å². The summed E-state index contributed by atoms with van der Waals surface area (Å²) in [5.41, 5.74) is 2.39. The highest BCUT2D eigenvalue weighted by Crippen LogP contribution is 2.31. The van der Waals surface area contributed by atoms with Gasteiger partial charge in [0.05, 0.1) is 17.5 Å². The first-order chi connectivity index (χ1) is 13.8. The van der Waals surface area contributed by atoms with Gasteiger partial charge in [0.2, 0.25) is 0 Å². The number of alkyl halides is 3. The average Bonchev–Trinajstić information content (AvgIpc) is 3.12. The summed E-state index contributed by atoms with van der Waals surface area (Å²) in [6, 6.07) is 13.4. The smallest absolute Gasteiger partial charge is 0.322 e. The molecule has 146 valence electrons. The number of carbonyl (C=O) groups is 1. The van der Waals surface area contributed by atoms with E-state index < -0.39 is 17.6 Å². The summed E-state index contributed by atoms with van der Waals surface area (Å²) in [5.74, 6) is -0.495. The highest BCUT2D eigenvalue weighted by atomic mass is 19.4. The minimum atomic E-state index is -4.48. The molecule has 4 aromatic rings. The van der Waals surface area contributed by atoms with Gasteiger partial charge in [-0.15, -0.1) is 0 Å². The van der Waals surface area contributed by atoms with E-state index in [4.69, 9.17) is 0 Å². The van der Waals surface area contributed by atoms with E-state index in [1.54, 1.807) is 42.0 Å². The Hall–Kier alpha value is -3.68. The molecule has 0 unspecified atom stereocenters. The van der Waals surface area contributed by atoms with Gasteiger partial charge in [0.25, 0.3) is 5.91 Å². The predicted molar refractivity (Wildman–Crippen MR) is 103 cm³/mol. The van der Waals surface area contributed by atoms with Crippen LogP contribution in [0.4, 0.5) is 18.9 Å². The molecule has 0 saturated heterocycles. The first kappa shape index (κ1) is 18.7. The van der Waals surface area contributed by atoms with Crippen molar-refractivity contribution in [2.24, 2.45) is 0 Å². The van der Waals surface area contributed by atoms with Crippen LogP contribution in [0.3, 0.4) is 0 Å². The minimum Gasteiger partial charge on any atom is -0.322 e. The third kappa shape index (κ3) is 3.69. The van der Waals surface area contributed by atoms with Gasteiger partial charge in [-0.2, -0.15) is 18.3 Å². The van der Waals surface area contributed by atoms with Crippen LogP contribution in [-0.2, 0) is 6.18 Å². The van der Waals surface area contributed by atoms with Crippen molar-refractivity contribution < 1.29 is 18.0 Å². The van der Waals surface area contributed by atoms with Crippen molar-refractivity contribution in [2.75, 3.05) is 5.32 Å². The van der Waals surface area contributed by atoms with E-state index in [-0.39, 0.29) is 5.69 Å². The van der Waals surface area contributed by atoms with Gasteiger partial charge >= 0.3 is 6.18 Å². The quantitative estimate of drug-likeness (QED) is 0.532. The third-order valence-electron chi connectivity index (χ3n) is 4.50. The lowest BCUT2D eigenvalue weighted by atomic mass is 10.0. The molecule has 4 rings (SSSR count). The highest BCUT2D eigenvalue weighted by Gasteiger charge is 2.30. The summed E-state index contributed by atoms with van der Waals surface area (Å²) in [5, 5.41) is 6.81. The second-order valence-corrected chi connectivity index (χ2v) is 6.50. The van der Waals surface area contributed by atoms with E-state index in [1.165, 1.54) is 12.1 Å². The van der Waals surface area contributed by atoms with Gasteiger partial charge in [0, 0.05) is 23.0 Å². The fourth-order valence-electron chi connectivity index (χ4n) is 3.02. The Morgan fingerprint density at radius 1 is 1.07 bits per heavy atom. The topological polar surface area (TPSA) is 59.3 Å². The Labute approximate surface area is 163 Å². The standard InChI is InChI=1S/C21H15F3N4O/c1-13-7-8-14(18-12-25-19-6-3-9-26-28(18)19)10-17(13)20(29)27-16-5-2-4-15(11-16)21(22,23)24/h2-12H,1H3,(H,27,29). The van der Waals surface area contributed by atoms with Crippen LogP contribution in [0, 0.1) is 6.92 Å². The molecule has 0 spiro atoms. The van der Waals surface area contributed by atoms with Crippen molar-refractivity contribution in [1.29, 1.82) is 0 Å². The lowest BCUT2D eigenvalue weighted by molar-refractivity contribution is -0.137. The summed E-state index contributed by atoms with van der Waals surface area (Å²) in [6.45, 7) is 1.76. The average molecular weight is 396 g/mol. The number of nitrogens with zero attached hydrogens (tertiary/aromatic N) is 3. The van der Waals surface area contributed by atoms with Crippen molar-refractivity contribution in [3.63, 3.8) is 0 Å². The van der Waals surface area contributed by atoms with Gasteiger partial charge in [-0.3, -0.25) is 4.79 Å². The number of aromatic nitrogens is 3. The lowest BCUT2D eigenvalue weighted by Gasteiger charge is -2.12. The van der Waals surface area contributed by atoms with Crippen molar-refractivity contribution >= 4 is 17.2 Å². The molecule has 0 fully saturated rings. The summed E-state index contributed by atoms with van der Waals surface area (Å²) < 4.78 is 40.4. The van der Waals surface area contributed by atoms with Gasteiger partial charge < -0.3 is 5.32 Å². The minimum absolute atomic E-state index is 0.0751. The Bertz CT molecular complexity index is 1210. The van der Waals surface area contributed by atoms with E-state index in [0.717, 1.165) is 17.7 Å². The van der Waals surface area contributed by atoms with Crippen LogP contribution in [0.1, 0.15) is 21.5 Å². The number of rotatable bonds is 3. The van der Waals surface area contributed by atoms with Crippen molar-refractivity contribution in [2.45, 2.75) is 13.1 Å². The Balaban J connectivity index is 1.67. The van der Waals surface area contributed by atoms with E-state index in [9.17, 15) is 18.0 Å². The zero-order valence-corrected chi connectivity index (χ0v) is 15.2. The molecule has 0 aliphatic heterocycles. The summed E-state index contributed by atoms with van der Waals surface area (Å²) in [6.07, 6.45) is -1.19. The second kappa shape index (κ2) is 7.05. The van der Waals surface area contributed by atoms with Gasteiger partial charge in [0.15, 0.2) is 5.65 Å². The molecule has 0 aliphatic rings. The molecule has 8 heteroatoms. The molecule has 0 saturated carbocycles. The summed E-state index contributed by atoms with van der Waals surface area (Å²) in [4.78, 5) is 17.0. The Kier molecular flexibility index (Phi) is 4.54. The Morgan fingerprint density at radius 3 is 2.69 bits per heavy atom. The maximum Gasteiger partial charge on any atom is 0.416 e. The van der Waals surface area contributed by atoms with Crippen LogP contribution in [-0.4, -0.2) is 20.5 Å². The van der Waals surface area contributed by atoms with Crippen LogP contribution in [0.25, 0.3) is 16.9 Å². The zero-order chi connectivity index (χ0) is 20.6. The number of halogens is 3. The zero-order valence-electron chi connectivity index (χ0n) is 15.2. The number of nitrogens with one attached hydrogen (secondary N) is 1. The summed E-state index contributed by atoms with van der Waals surface area (Å²) in [7, 11) is 0. The number of benzene rings is 2. The normalized spacial score (nSPS) is 11.6. The fourth-order valence-corrected chi connectivity index (χ4v) is 3.02. The van der Waals surface area contributed by atoms with Crippen molar-refractivity contribution in [1.82, 2.24) is 14.6 Å². The molecule has 0 radical (unpaired) electrons. The number of amides is 1. The third-order valence-corrected chi connectivity index (χ3v) is 4.50. The summed E-state index contributed by atoms with van der Waals surface area (Å²) >= 11 is 0. The molecule has 1 N–H and O–H groups in total. The molecule has 2 aromatic carbocycles. The SMILES string of the molecule is Cc1ccc(-c2cnc3cccnn23)cc1C(=O)Nc1cccc(C(F)(F)F)c1. The predicted octanol–water partition coefficient (Wildman–Crippen LogP) is 4.98. The number of aryl methyl sites for hydroxylation is 1. The molecule has 2 heterocycles. The van der Waals surface area contributed by atoms with Crippen LogP contribution >= 0.6 is 0 Å². The number of hydrogen-bond acceptors (Lipinski definition) is 3. The number of carbonyl (C=O) groups excluding carboxylic acids is 1. The first-order valence-electron chi connectivity index (χ1n) is 8.71. The molecule has 0 atom stereocenters. The van der Waals surface area contributed by atoms with Crippen LogP contribution in [0.2, 0.25) is 0 Å². The van der Waals surface area contributed by atoms with Crippen LogP contribution in [0.15, 0.2) is 67.0 Å². The maximum absolute atomic E-state index is 12.9. The monoisotopic (exact) mass is 396 g/mol. The van der Waals surface area contributed by atoms with E-state index in [0.29, 0.717) is 22.5 Å². The maximum atomic E-state index is 12.9. The number of anilines is 1. The van der Waals surface area contributed by atoms with Gasteiger partial charge in [0.1, 0.15) is 0 Å². The second-order valence-electron chi connectivity index (χ2n) is 6.50. The molecule has 0 aliphatic carbocycles. The van der Waals surface area contributed by atoms with Crippen LogP contribution in [0.5, 0.6) is 0 Å². The highest BCUT2D eigenvalue weighted by molar-refractivity contribution is 6.06. The van der Waals surface area contributed by atoms with Gasteiger partial charge in [-0.25, -0.2) is 9.50 Å². The van der Waals surface area contributed by atoms with Gasteiger partial charge in [-0.05, 0) is 48.9 Å². The van der Waals surface area contributed by atoms with Crippen LogP contribution < -0.4 is 5.32 Å². The van der Waals surface area contributed by atoms with E-state index in [2.05, 4.69) is 15.4 Å². The van der Waals surface area contributed by atoms with Crippen molar-refractivity contribution in [3.05, 3.63) is 83.7 Å². The number of imidazole rings is 1. The number of hydrogen-bond donors (Lipinski definition) is 1. The first-order valence-corrected chi connectivity index (χ1v) is 8.71. The van der Waals surface area contributed by atoms with Crippen molar-refractivity contribution in [3.8, 4) is 11.3 Å². The Morgan fingerprint density at radius 2 is 1.90 bits per heavy atom. The molecule has 5 nitrogen and oxygen atoms in total. The molecule has 1 amide bonds. The largest absolute Gasteiger partial charge is 0.416 e. The molecular weight excluding hydrogens is 381 g/mol. The van der Waals surface area contributed by atoms with E-state index in [1.807, 2.05) is 12.1 Å².